The van der Waals surface area contributed by atoms with Gasteiger partial charge in [-0.2, -0.15) is 5.26 Å². The van der Waals surface area contributed by atoms with Gasteiger partial charge in [-0.15, -0.1) is 11.8 Å². The van der Waals surface area contributed by atoms with E-state index in [9.17, 15) is 4.79 Å². The van der Waals surface area contributed by atoms with Gasteiger partial charge in [0.15, 0.2) is 0 Å². The Bertz CT molecular complexity index is 576. The molecule has 22 heavy (non-hydrogen) atoms. The van der Waals surface area contributed by atoms with Crippen molar-refractivity contribution in [3.8, 4) is 11.8 Å². The van der Waals surface area contributed by atoms with Crippen LogP contribution in [0.4, 0.5) is 5.69 Å². The molecule has 2 rings (SSSR count). The Labute approximate surface area is 139 Å². The Morgan fingerprint density at radius 1 is 1.64 bits per heavy atom. The number of nitrogens with one attached hydrogen (secondary N) is 1. The summed E-state index contributed by atoms with van der Waals surface area (Å²) in [5.74, 6) is 1.42. The number of carbonyl (C=O) groups is 1. The molecule has 1 unspecified atom stereocenters. The highest BCUT2D eigenvalue weighted by Gasteiger charge is 2.25. The first-order chi connectivity index (χ1) is 10.6. The fourth-order valence-electron chi connectivity index (χ4n) is 2.47. The summed E-state index contributed by atoms with van der Waals surface area (Å²) in [5.41, 5.74) is 0.950. The molecule has 1 aromatic carbocycles. The summed E-state index contributed by atoms with van der Waals surface area (Å²) in [7, 11) is 1.63. The second-order valence-corrected chi connectivity index (χ2v) is 6.39. The summed E-state index contributed by atoms with van der Waals surface area (Å²) in [5, 5.41) is 12.1. The molecule has 1 aliphatic rings. The maximum absolute atomic E-state index is 11.8. The Kier molecular flexibility index (Phi) is 6.22. The van der Waals surface area contributed by atoms with Crippen LogP contribution in [0.15, 0.2) is 18.2 Å². The van der Waals surface area contributed by atoms with Gasteiger partial charge < -0.3 is 15.0 Å². The molecule has 0 aliphatic carbocycles. The molecule has 5 nitrogen and oxygen atoms in total. The van der Waals surface area contributed by atoms with E-state index in [1.165, 1.54) is 11.8 Å². The van der Waals surface area contributed by atoms with Gasteiger partial charge in [0.25, 0.3) is 0 Å². The van der Waals surface area contributed by atoms with Crippen molar-refractivity contribution < 1.29 is 9.53 Å². The fraction of sp³-hybridized carbons (Fsp3) is 0.467. The van der Waals surface area contributed by atoms with Crippen LogP contribution in [-0.4, -0.2) is 43.7 Å². The number of benzene rings is 1. The van der Waals surface area contributed by atoms with E-state index < -0.39 is 0 Å². The number of nitriles is 1. The lowest BCUT2D eigenvalue weighted by atomic mass is 10.2. The predicted octanol–water partition coefficient (Wildman–Crippen LogP) is 2.30. The third kappa shape index (κ3) is 4.46. The summed E-state index contributed by atoms with van der Waals surface area (Å²) in [6.45, 7) is 1.57. The number of thioether (sulfide) groups is 1. The van der Waals surface area contributed by atoms with Crippen LogP contribution in [0.25, 0.3) is 0 Å². The average molecular weight is 340 g/mol. The number of nitrogens with zero attached hydrogens (tertiary/aromatic N) is 2. The van der Waals surface area contributed by atoms with E-state index in [0.717, 1.165) is 30.9 Å². The molecule has 0 aromatic heterocycles. The highest BCUT2D eigenvalue weighted by Crippen LogP contribution is 2.33. The molecule has 1 N–H and O–H groups in total. The van der Waals surface area contributed by atoms with Crippen LogP contribution in [0.1, 0.15) is 6.42 Å². The maximum atomic E-state index is 11.8. The van der Waals surface area contributed by atoms with Crippen molar-refractivity contribution in [3.63, 3.8) is 0 Å². The molecule has 1 saturated heterocycles. The minimum absolute atomic E-state index is 0.0230. The Morgan fingerprint density at radius 3 is 3.18 bits per heavy atom. The van der Waals surface area contributed by atoms with E-state index in [1.807, 2.05) is 18.2 Å². The van der Waals surface area contributed by atoms with Crippen molar-refractivity contribution in [2.24, 2.45) is 0 Å². The first-order valence-corrected chi connectivity index (χ1v) is 8.50. The van der Waals surface area contributed by atoms with Gasteiger partial charge in [-0.25, -0.2) is 0 Å². The number of anilines is 1. The van der Waals surface area contributed by atoms with Crippen LogP contribution in [0.5, 0.6) is 5.75 Å². The van der Waals surface area contributed by atoms with E-state index >= 15 is 0 Å². The van der Waals surface area contributed by atoms with Crippen LogP contribution in [-0.2, 0) is 4.79 Å². The van der Waals surface area contributed by atoms with Gasteiger partial charge in [-0.3, -0.25) is 4.79 Å². The summed E-state index contributed by atoms with van der Waals surface area (Å²) < 4.78 is 5.37. The molecule has 1 aromatic rings. The largest absolute Gasteiger partial charge is 0.495 e. The minimum Gasteiger partial charge on any atom is -0.495 e. The Balaban J connectivity index is 1.91. The van der Waals surface area contributed by atoms with Gasteiger partial charge in [0.1, 0.15) is 5.75 Å². The topological polar surface area (TPSA) is 65.4 Å². The van der Waals surface area contributed by atoms with Crippen molar-refractivity contribution in [3.05, 3.63) is 23.2 Å². The molecule has 0 radical (unpaired) electrons. The van der Waals surface area contributed by atoms with Gasteiger partial charge in [-0.1, -0.05) is 11.6 Å². The molecule has 1 heterocycles. The highest BCUT2D eigenvalue weighted by atomic mass is 35.5. The summed E-state index contributed by atoms with van der Waals surface area (Å²) in [6, 6.07) is 7.65. The molecule has 0 spiro atoms. The lowest BCUT2D eigenvalue weighted by Gasteiger charge is -2.21. The van der Waals surface area contributed by atoms with Crippen LogP contribution in [0.3, 0.4) is 0 Å². The second-order valence-electron chi connectivity index (χ2n) is 4.97. The number of hydrogen-bond acceptors (Lipinski definition) is 5. The smallest absolute Gasteiger partial charge is 0.230 e. The van der Waals surface area contributed by atoms with E-state index in [0.29, 0.717) is 16.5 Å². The zero-order valence-corrected chi connectivity index (χ0v) is 13.9. The normalized spacial score (nSPS) is 17.1. The number of rotatable bonds is 6. The zero-order valence-electron chi connectivity index (χ0n) is 12.3. The van der Waals surface area contributed by atoms with Crippen LogP contribution in [0.2, 0.25) is 5.02 Å². The predicted molar refractivity (Wildman–Crippen MR) is 89.7 cm³/mol. The quantitative estimate of drug-likeness (QED) is 0.806. The lowest BCUT2D eigenvalue weighted by Crippen LogP contribution is -2.38. The first-order valence-electron chi connectivity index (χ1n) is 6.96. The lowest BCUT2D eigenvalue weighted by molar-refractivity contribution is -0.119. The molecular weight excluding hydrogens is 322 g/mol. The number of amides is 1. The van der Waals surface area contributed by atoms with Crippen LogP contribution in [0, 0.1) is 11.3 Å². The summed E-state index contributed by atoms with van der Waals surface area (Å²) in [4.78, 5) is 14.0. The number of ether oxygens (including phenoxy) is 1. The Morgan fingerprint density at radius 2 is 2.45 bits per heavy atom. The number of methoxy groups -OCH3 is 1. The molecule has 118 valence electrons. The molecule has 1 aliphatic heterocycles. The van der Waals surface area contributed by atoms with Crippen molar-refractivity contribution in [1.29, 1.82) is 5.26 Å². The molecule has 1 amide bonds. The first kappa shape index (κ1) is 16.8. The van der Waals surface area contributed by atoms with Crippen molar-refractivity contribution in [1.82, 2.24) is 5.32 Å². The van der Waals surface area contributed by atoms with E-state index in [2.05, 4.69) is 10.2 Å². The van der Waals surface area contributed by atoms with E-state index in [-0.39, 0.29) is 11.9 Å². The monoisotopic (exact) mass is 339 g/mol. The number of hydrogen-bond donors (Lipinski definition) is 1. The summed E-state index contributed by atoms with van der Waals surface area (Å²) in [6.07, 6.45) is 0.879. The van der Waals surface area contributed by atoms with Crippen LogP contribution < -0.4 is 15.0 Å². The number of halogens is 1. The van der Waals surface area contributed by atoms with Gasteiger partial charge in [-0.05, 0) is 24.6 Å². The van der Waals surface area contributed by atoms with Crippen molar-refractivity contribution in [2.75, 3.05) is 36.6 Å². The highest BCUT2D eigenvalue weighted by molar-refractivity contribution is 8.00. The van der Waals surface area contributed by atoms with Gasteiger partial charge in [0.2, 0.25) is 5.91 Å². The molecule has 0 saturated carbocycles. The van der Waals surface area contributed by atoms with E-state index in [4.69, 9.17) is 21.6 Å². The third-order valence-electron chi connectivity index (χ3n) is 3.43. The van der Waals surface area contributed by atoms with Crippen molar-refractivity contribution >= 4 is 35.0 Å². The van der Waals surface area contributed by atoms with Gasteiger partial charge in [0, 0.05) is 24.2 Å². The average Bonchev–Trinajstić information content (AvgIpc) is 2.95. The SMILES string of the molecule is COc1ccc(Cl)cc1N1CCC(NC(=O)CSCC#N)C1. The fourth-order valence-corrected chi connectivity index (χ4v) is 3.09. The van der Waals surface area contributed by atoms with E-state index in [1.54, 1.807) is 13.2 Å². The second kappa shape index (κ2) is 8.16. The Hall–Kier alpha value is -1.58. The molecular formula is C15H18ClN3O2S. The third-order valence-corrected chi connectivity index (χ3v) is 4.47. The zero-order chi connectivity index (χ0) is 15.9. The standard InChI is InChI=1S/C15H18ClN3O2S/c1-21-14-3-2-11(16)8-13(14)19-6-4-12(9-19)18-15(20)10-22-7-5-17/h2-3,8,12H,4,6-7,9-10H2,1H3,(H,18,20). The van der Waals surface area contributed by atoms with Gasteiger partial charge in [0.05, 0.1) is 30.4 Å². The molecule has 0 bridgehead atoms. The molecule has 7 heteroatoms. The minimum atomic E-state index is -0.0230. The maximum Gasteiger partial charge on any atom is 0.230 e. The van der Waals surface area contributed by atoms with Crippen LogP contribution >= 0.6 is 23.4 Å². The molecule has 1 fully saturated rings. The molecule has 1 atom stereocenters. The van der Waals surface area contributed by atoms with Gasteiger partial charge >= 0.3 is 0 Å². The summed E-state index contributed by atoms with van der Waals surface area (Å²) >= 11 is 7.39. The van der Waals surface area contributed by atoms with Crippen molar-refractivity contribution in [2.45, 2.75) is 12.5 Å². The number of carbonyl (C=O) groups excluding carboxylic acids is 1.